The number of nitrogens with two attached hydrogens (primary N) is 1. The third-order valence-electron chi connectivity index (χ3n) is 4.46. The van der Waals surface area contributed by atoms with Crippen LogP contribution in [0.2, 0.25) is 0 Å². The number of hydrogen-bond donors (Lipinski definition) is 1. The van der Waals surface area contributed by atoms with E-state index >= 15 is 0 Å². The molecule has 4 heteroatoms. The fourth-order valence-electron chi connectivity index (χ4n) is 3.04. The zero-order valence-electron chi connectivity index (χ0n) is 12.3. The molecule has 0 radical (unpaired) electrons. The number of nitrogens with zero attached hydrogens (tertiary/aromatic N) is 1. The molecule has 0 amide bonds. The average molecular weight is 282 g/mol. The molecule has 1 aromatic rings. The molecule has 1 fully saturated rings. The van der Waals surface area contributed by atoms with Crippen LogP contribution in [0.15, 0.2) is 18.2 Å². The Hall–Kier alpha value is -1.00. The number of benzene rings is 1. The quantitative estimate of drug-likeness (QED) is 0.916. The number of likely N-dealkylation sites (N-methyl/N-ethyl adjacent to an activating group) is 1. The minimum atomic E-state index is -0.562. The van der Waals surface area contributed by atoms with Gasteiger partial charge < -0.3 is 10.6 Å². The Morgan fingerprint density at radius 2 is 1.90 bits per heavy atom. The molecule has 1 atom stereocenters. The summed E-state index contributed by atoms with van der Waals surface area (Å²) in [4.78, 5) is 2.22. The predicted molar refractivity (Wildman–Crippen MR) is 77.3 cm³/mol. The van der Waals surface area contributed by atoms with E-state index in [1.807, 2.05) is 7.05 Å². The fourth-order valence-corrected chi connectivity index (χ4v) is 3.04. The van der Waals surface area contributed by atoms with Crippen molar-refractivity contribution in [3.8, 4) is 0 Å². The summed E-state index contributed by atoms with van der Waals surface area (Å²) in [5, 5.41) is 0. The second-order valence-electron chi connectivity index (χ2n) is 6.13. The highest BCUT2D eigenvalue weighted by Gasteiger charge is 2.23. The lowest BCUT2D eigenvalue weighted by atomic mass is 9.86. The lowest BCUT2D eigenvalue weighted by Crippen LogP contribution is -2.39. The molecule has 1 aliphatic rings. The first kappa shape index (κ1) is 15.4. The zero-order chi connectivity index (χ0) is 14.7. The third-order valence-corrected chi connectivity index (χ3v) is 4.46. The summed E-state index contributed by atoms with van der Waals surface area (Å²) >= 11 is 0. The van der Waals surface area contributed by atoms with E-state index in [4.69, 9.17) is 5.73 Å². The van der Waals surface area contributed by atoms with Gasteiger partial charge in [-0.15, -0.1) is 0 Å². The molecule has 0 heterocycles. The van der Waals surface area contributed by atoms with Crippen LogP contribution in [0.25, 0.3) is 0 Å². The van der Waals surface area contributed by atoms with Crippen molar-refractivity contribution >= 4 is 0 Å². The van der Waals surface area contributed by atoms with Crippen molar-refractivity contribution in [1.29, 1.82) is 0 Å². The molecule has 0 aliphatic heterocycles. The molecular formula is C16H24F2N2. The smallest absolute Gasteiger partial charge is 0.130 e. The summed E-state index contributed by atoms with van der Waals surface area (Å²) in [5.41, 5.74) is 6.47. The Morgan fingerprint density at radius 1 is 1.25 bits per heavy atom. The van der Waals surface area contributed by atoms with Crippen LogP contribution >= 0.6 is 0 Å². The SMILES string of the molecule is CC1CCC(N(C)CC(N)c2ccc(F)cc2F)CC1. The summed E-state index contributed by atoms with van der Waals surface area (Å²) in [6, 6.07) is 3.73. The average Bonchev–Trinajstić information content (AvgIpc) is 2.39. The maximum atomic E-state index is 13.7. The van der Waals surface area contributed by atoms with Gasteiger partial charge in [0.05, 0.1) is 0 Å². The van der Waals surface area contributed by atoms with E-state index in [1.54, 1.807) is 0 Å². The first-order chi connectivity index (χ1) is 9.47. The van der Waals surface area contributed by atoms with Crippen LogP contribution < -0.4 is 5.73 Å². The first-order valence-electron chi connectivity index (χ1n) is 7.38. The van der Waals surface area contributed by atoms with Crippen molar-refractivity contribution in [3.63, 3.8) is 0 Å². The van der Waals surface area contributed by atoms with Gasteiger partial charge in [0, 0.05) is 30.3 Å². The first-order valence-corrected chi connectivity index (χ1v) is 7.38. The summed E-state index contributed by atoms with van der Waals surface area (Å²) in [6.07, 6.45) is 4.84. The van der Waals surface area contributed by atoms with E-state index in [-0.39, 0.29) is 0 Å². The van der Waals surface area contributed by atoms with Crippen LogP contribution in [-0.2, 0) is 0 Å². The number of hydrogen-bond acceptors (Lipinski definition) is 2. The summed E-state index contributed by atoms with van der Waals surface area (Å²) < 4.78 is 26.6. The zero-order valence-corrected chi connectivity index (χ0v) is 12.3. The van der Waals surface area contributed by atoms with Gasteiger partial charge in [-0.1, -0.05) is 13.0 Å². The Morgan fingerprint density at radius 3 is 2.50 bits per heavy atom. The summed E-state index contributed by atoms with van der Waals surface area (Å²) in [7, 11) is 2.04. The second kappa shape index (κ2) is 6.64. The third kappa shape index (κ3) is 3.76. The molecule has 20 heavy (non-hydrogen) atoms. The van der Waals surface area contributed by atoms with Gasteiger partial charge in [0.25, 0.3) is 0 Å². The van der Waals surface area contributed by atoms with E-state index < -0.39 is 17.7 Å². The second-order valence-corrected chi connectivity index (χ2v) is 6.13. The van der Waals surface area contributed by atoms with Crippen molar-refractivity contribution in [1.82, 2.24) is 4.90 Å². The Labute approximate surface area is 120 Å². The molecule has 1 saturated carbocycles. The van der Waals surface area contributed by atoms with Gasteiger partial charge in [-0.05, 0) is 44.7 Å². The molecule has 1 aliphatic carbocycles. The predicted octanol–water partition coefficient (Wildman–Crippen LogP) is 3.48. The monoisotopic (exact) mass is 282 g/mol. The highest BCUT2D eigenvalue weighted by Crippen LogP contribution is 2.27. The van der Waals surface area contributed by atoms with Crippen molar-refractivity contribution < 1.29 is 8.78 Å². The summed E-state index contributed by atoms with van der Waals surface area (Å²) in [6.45, 7) is 2.89. The lowest BCUT2D eigenvalue weighted by Gasteiger charge is -2.35. The molecule has 112 valence electrons. The van der Waals surface area contributed by atoms with Gasteiger partial charge in [-0.3, -0.25) is 0 Å². The minimum Gasteiger partial charge on any atom is -0.323 e. The van der Waals surface area contributed by atoms with E-state index in [9.17, 15) is 8.78 Å². The van der Waals surface area contributed by atoms with E-state index in [0.29, 0.717) is 18.2 Å². The Balaban J connectivity index is 1.95. The molecule has 0 saturated heterocycles. The highest BCUT2D eigenvalue weighted by molar-refractivity contribution is 5.22. The van der Waals surface area contributed by atoms with Gasteiger partial charge in [0.2, 0.25) is 0 Å². The van der Waals surface area contributed by atoms with Crippen LogP contribution in [0.5, 0.6) is 0 Å². The van der Waals surface area contributed by atoms with Gasteiger partial charge >= 0.3 is 0 Å². The van der Waals surface area contributed by atoms with Crippen LogP contribution in [0.4, 0.5) is 8.78 Å². The molecule has 2 nitrogen and oxygen atoms in total. The van der Waals surface area contributed by atoms with Crippen molar-refractivity contribution in [3.05, 3.63) is 35.4 Å². The van der Waals surface area contributed by atoms with Crippen molar-refractivity contribution in [2.45, 2.75) is 44.7 Å². The van der Waals surface area contributed by atoms with Gasteiger partial charge in [0.15, 0.2) is 0 Å². The molecule has 2 N–H and O–H groups in total. The van der Waals surface area contributed by atoms with Crippen molar-refractivity contribution in [2.75, 3.05) is 13.6 Å². The topological polar surface area (TPSA) is 29.3 Å². The number of rotatable bonds is 4. The Kier molecular flexibility index (Phi) is 5.11. The molecule has 1 unspecified atom stereocenters. The van der Waals surface area contributed by atoms with E-state index in [1.165, 1.54) is 37.8 Å². The molecule has 0 bridgehead atoms. The van der Waals surface area contributed by atoms with Crippen molar-refractivity contribution in [2.24, 2.45) is 11.7 Å². The molecule has 1 aromatic carbocycles. The van der Waals surface area contributed by atoms with Gasteiger partial charge in [-0.25, -0.2) is 8.78 Å². The highest BCUT2D eigenvalue weighted by atomic mass is 19.1. The van der Waals surface area contributed by atoms with Crippen LogP contribution in [0.1, 0.15) is 44.2 Å². The molecular weight excluding hydrogens is 258 g/mol. The van der Waals surface area contributed by atoms with Gasteiger partial charge in [0.1, 0.15) is 11.6 Å². The largest absolute Gasteiger partial charge is 0.323 e. The Bertz CT molecular complexity index is 442. The minimum absolute atomic E-state index is 0.391. The summed E-state index contributed by atoms with van der Waals surface area (Å²) in [5.74, 6) is -0.306. The van der Waals surface area contributed by atoms with E-state index in [0.717, 1.165) is 12.0 Å². The molecule has 0 spiro atoms. The lowest BCUT2D eigenvalue weighted by molar-refractivity contribution is 0.162. The molecule has 2 rings (SSSR count). The molecule has 0 aromatic heterocycles. The van der Waals surface area contributed by atoms with E-state index in [2.05, 4.69) is 11.8 Å². The normalized spacial score (nSPS) is 24.9. The van der Waals surface area contributed by atoms with Crippen LogP contribution in [0, 0.1) is 17.6 Å². The van der Waals surface area contributed by atoms with Crippen LogP contribution in [0.3, 0.4) is 0 Å². The van der Waals surface area contributed by atoms with Crippen LogP contribution in [-0.4, -0.2) is 24.5 Å². The maximum Gasteiger partial charge on any atom is 0.130 e. The van der Waals surface area contributed by atoms with Gasteiger partial charge in [-0.2, -0.15) is 0 Å². The number of halogens is 2. The fraction of sp³-hybridized carbons (Fsp3) is 0.625. The standard InChI is InChI=1S/C16H24F2N2/c1-11-3-6-13(7-4-11)20(2)10-16(19)14-8-5-12(17)9-15(14)18/h5,8-9,11,13,16H,3-4,6-7,10,19H2,1-2H3. The maximum absolute atomic E-state index is 13.7.